The van der Waals surface area contributed by atoms with E-state index in [9.17, 15) is 26.4 Å². The molecule has 5 nitrogen and oxygen atoms in total. The number of halogens is 5. The van der Waals surface area contributed by atoms with Crippen molar-refractivity contribution in [1.82, 2.24) is 4.31 Å². The molecule has 30 heavy (non-hydrogen) atoms. The monoisotopic (exact) mass is 482 g/mol. The molecule has 0 radical (unpaired) electrons. The Kier molecular flexibility index (Phi) is 7.45. The summed E-state index contributed by atoms with van der Waals surface area (Å²) in [6.07, 6.45) is -4.68. The molecule has 1 amide bonds. The molecule has 0 saturated carbocycles. The van der Waals surface area contributed by atoms with Crippen LogP contribution in [0.1, 0.15) is 23.6 Å². The summed E-state index contributed by atoms with van der Waals surface area (Å²) in [5, 5.41) is 2.29. The Morgan fingerprint density at radius 2 is 1.77 bits per heavy atom. The van der Waals surface area contributed by atoms with Crippen molar-refractivity contribution in [2.75, 3.05) is 18.4 Å². The summed E-state index contributed by atoms with van der Waals surface area (Å²) in [5.74, 6) is -0.926. The van der Waals surface area contributed by atoms with E-state index in [-0.39, 0.29) is 27.0 Å². The predicted molar refractivity (Wildman–Crippen MR) is 110 cm³/mol. The first-order valence-corrected chi connectivity index (χ1v) is 10.9. The average molecular weight is 483 g/mol. The summed E-state index contributed by atoms with van der Waals surface area (Å²) < 4.78 is 66.5. The van der Waals surface area contributed by atoms with Crippen LogP contribution in [0.4, 0.5) is 18.9 Å². The van der Waals surface area contributed by atoms with Gasteiger partial charge >= 0.3 is 6.18 Å². The van der Waals surface area contributed by atoms with E-state index in [1.807, 2.05) is 0 Å². The molecule has 0 atom stereocenters. The fourth-order valence-electron chi connectivity index (χ4n) is 2.81. The van der Waals surface area contributed by atoms with Crippen LogP contribution in [0.5, 0.6) is 0 Å². The Hall–Kier alpha value is -1.81. The third-order valence-corrected chi connectivity index (χ3v) is 7.45. The van der Waals surface area contributed by atoms with Gasteiger partial charge in [-0.05, 0) is 43.2 Å². The zero-order chi connectivity index (χ0) is 22.9. The van der Waals surface area contributed by atoms with Crippen LogP contribution in [0.25, 0.3) is 0 Å². The van der Waals surface area contributed by atoms with E-state index in [2.05, 4.69) is 5.32 Å². The van der Waals surface area contributed by atoms with Gasteiger partial charge in [-0.15, -0.1) is 0 Å². The molecule has 2 rings (SSSR count). The molecule has 0 fully saturated rings. The number of nitrogens with one attached hydrogen (secondary N) is 1. The van der Waals surface area contributed by atoms with Crippen molar-refractivity contribution in [3.63, 3.8) is 0 Å². The molecule has 164 valence electrons. The van der Waals surface area contributed by atoms with Gasteiger partial charge in [-0.2, -0.15) is 17.5 Å². The number of hydrogen-bond acceptors (Lipinski definition) is 3. The minimum Gasteiger partial charge on any atom is -0.324 e. The Bertz CT molecular complexity index is 1050. The van der Waals surface area contributed by atoms with Gasteiger partial charge in [-0.1, -0.05) is 42.3 Å². The van der Waals surface area contributed by atoms with Crippen molar-refractivity contribution in [2.45, 2.75) is 31.8 Å². The lowest BCUT2D eigenvalue weighted by Crippen LogP contribution is -2.38. The molecule has 0 spiro atoms. The van der Waals surface area contributed by atoms with Gasteiger partial charge in [0.15, 0.2) is 0 Å². The van der Waals surface area contributed by atoms with Crippen LogP contribution in [0, 0.1) is 13.8 Å². The Balaban J connectivity index is 2.36. The van der Waals surface area contributed by atoms with E-state index in [0.29, 0.717) is 5.56 Å². The predicted octanol–water partition coefficient (Wildman–Crippen LogP) is 5.28. The van der Waals surface area contributed by atoms with Crippen molar-refractivity contribution in [1.29, 1.82) is 0 Å². The summed E-state index contributed by atoms with van der Waals surface area (Å²) in [4.78, 5) is 12.2. The molecule has 11 heteroatoms. The van der Waals surface area contributed by atoms with Crippen LogP contribution < -0.4 is 5.32 Å². The molecule has 1 N–H and O–H groups in total. The maximum atomic E-state index is 13.1. The largest absolute Gasteiger partial charge is 0.418 e. The second kappa shape index (κ2) is 9.13. The highest BCUT2D eigenvalue weighted by Crippen LogP contribution is 2.36. The highest BCUT2D eigenvalue weighted by atomic mass is 35.5. The maximum absolute atomic E-state index is 13.1. The second-order valence-electron chi connectivity index (χ2n) is 6.47. The topological polar surface area (TPSA) is 66.5 Å². The summed E-state index contributed by atoms with van der Waals surface area (Å²) in [5.41, 5.74) is -0.844. The number of aryl methyl sites for hydroxylation is 1. The van der Waals surface area contributed by atoms with Gasteiger partial charge in [0.25, 0.3) is 0 Å². The minimum absolute atomic E-state index is 0.0295. The summed E-state index contributed by atoms with van der Waals surface area (Å²) in [7, 11) is -4.25. The lowest BCUT2D eigenvalue weighted by Gasteiger charge is -2.23. The van der Waals surface area contributed by atoms with Gasteiger partial charge < -0.3 is 5.32 Å². The molecule has 0 unspecified atom stereocenters. The van der Waals surface area contributed by atoms with E-state index in [4.69, 9.17) is 23.2 Å². The number of nitrogens with zero attached hydrogens (tertiary/aromatic N) is 1. The van der Waals surface area contributed by atoms with Crippen LogP contribution in [-0.2, 0) is 21.0 Å². The molecule has 0 saturated heterocycles. The number of sulfonamides is 1. The van der Waals surface area contributed by atoms with E-state index >= 15 is 0 Å². The van der Waals surface area contributed by atoms with Crippen LogP contribution in [-0.4, -0.2) is 31.7 Å². The summed E-state index contributed by atoms with van der Waals surface area (Å²) in [6.45, 7) is 3.75. The lowest BCUT2D eigenvalue weighted by molar-refractivity contribution is -0.137. The molecular formula is C19H19Cl2F3N2O3S. The number of carbonyl (C=O) groups excluding carboxylic acids is 1. The quantitative estimate of drug-likeness (QED) is 0.608. The van der Waals surface area contributed by atoms with Gasteiger partial charge in [0.2, 0.25) is 15.9 Å². The van der Waals surface area contributed by atoms with Gasteiger partial charge in [-0.25, -0.2) is 8.42 Å². The van der Waals surface area contributed by atoms with Crippen molar-refractivity contribution in [3.8, 4) is 0 Å². The Morgan fingerprint density at radius 1 is 1.17 bits per heavy atom. The zero-order valence-corrected chi connectivity index (χ0v) is 18.6. The first-order valence-electron chi connectivity index (χ1n) is 8.72. The second-order valence-corrected chi connectivity index (χ2v) is 9.13. The highest BCUT2D eigenvalue weighted by Gasteiger charge is 2.34. The first-order chi connectivity index (χ1) is 13.8. The standard InChI is InChI=1S/C19H19Cl2F3N2O3S/c1-4-26(30(28,29)18-12(3)14(20)9-11(2)17(18)21)10-16(27)25-15-8-6-5-7-13(15)19(22,23)24/h5-9H,4,10H2,1-3H3,(H,25,27). The third-order valence-electron chi connectivity index (χ3n) is 4.36. The van der Waals surface area contributed by atoms with E-state index in [1.165, 1.54) is 32.0 Å². The van der Waals surface area contributed by atoms with E-state index < -0.39 is 39.9 Å². The number of para-hydroxylation sites is 1. The average Bonchev–Trinajstić information content (AvgIpc) is 2.64. The first kappa shape index (κ1) is 24.5. The summed E-state index contributed by atoms with van der Waals surface area (Å²) >= 11 is 12.3. The molecule has 0 aliphatic rings. The van der Waals surface area contributed by atoms with Crippen LogP contribution in [0.2, 0.25) is 10.0 Å². The molecular weight excluding hydrogens is 464 g/mol. The van der Waals surface area contributed by atoms with Crippen LogP contribution >= 0.6 is 23.2 Å². The smallest absolute Gasteiger partial charge is 0.324 e. The van der Waals surface area contributed by atoms with Crippen molar-refractivity contribution < 1.29 is 26.4 Å². The van der Waals surface area contributed by atoms with Gasteiger partial charge in [0, 0.05) is 11.6 Å². The number of amides is 1. The third kappa shape index (κ3) is 5.08. The van der Waals surface area contributed by atoms with Crippen molar-refractivity contribution in [2.24, 2.45) is 0 Å². The molecule has 0 aliphatic heterocycles. The van der Waals surface area contributed by atoms with Gasteiger partial charge in [-0.3, -0.25) is 4.79 Å². The molecule has 0 aliphatic carbocycles. The van der Waals surface area contributed by atoms with Crippen LogP contribution in [0.15, 0.2) is 35.2 Å². The minimum atomic E-state index is -4.68. The van der Waals surface area contributed by atoms with Crippen molar-refractivity contribution >= 4 is 44.8 Å². The van der Waals surface area contributed by atoms with E-state index in [0.717, 1.165) is 16.4 Å². The molecule has 0 heterocycles. The number of carbonyl (C=O) groups is 1. The Labute approximate surface area is 182 Å². The normalized spacial score (nSPS) is 12.3. The maximum Gasteiger partial charge on any atom is 0.418 e. The molecule has 0 aromatic heterocycles. The fraction of sp³-hybridized carbons (Fsp3) is 0.316. The number of likely N-dealkylation sites (N-methyl/N-ethyl adjacent to an activating group) is 1. The molecule has 2 aromatic carbocycles. The number of benzene rings is 2. The number of hydrogen-bond donors (Lipinski definition) is 1. The van der Waals surface area contributed by atoms with Gasteiger partial charge in [0.05, 0.1) is 22.8 Å². The number of rotatable bonds is 6. The van der Waals surface area contributed by atoms with Crippen molar-refractivity contribution in [3.05, 3.63) is 57.1 Å². The van der Waals surface area contributed by atoms with Crippen LogP contribution in [0.3, 0.4) is 0 Å². The number of alkyl halides is 3. The Morgan fingerprint density at radius 3 is 2.33 bits per heavy atom. The SMILES string of the molecule is CCN(CC(=O)Nc1ccccc1C(F)(F)F)S(=O)(=O)c1c(C)c(Cl)cc(C)c1Cl. The molecule has 2 aromatic rings. The number of anilines is 1. The summed E-state index contributed by atoms with van der Waals surface area (Å²) in [6, 6.07) is 5.95. The van der Waals surface area contributed by atoms with Gasteiger partial charge in [0.1, 0.15) is 4.90 Å². The molecule has 0 bridgehead atoms. The fourth-order valence-corrected chi connectivity index (χ4v) is 5.38. The zero-order valence-electron chi connectivity index (χ0n) is 16.3. The lowest BCUT2D eigenvalue weighted by atomic mass is 10.1. The highest BCUT2D eigenvalue weighted by molar-refractivity contribution is 7.89. The van der Waals surface area contributed by atoms with E-state index in [1.54, 1.807) is 6.92 Å².